The molecule has 0 aliphatic heterocycles. The van der Waals surface area contributed by atoms with E-state index in [0.717, 1.165) is 16.7 Å². The summed E-state index contributed by atoms with van der Waals surface area (Å²) < 4.78 is 5.38. The topological polar surface area (TPSA) is 62.4 Å². The molecule has 1 heterocycles. The fourth-order valence-electron chi connectivity index (χ4n) is 2.72. The lowest BCUT2D eigenvalue weighted by molar-refractivity contribution is 0.0784. The lowest BCUT2D eigenvalue weighted by atomic mass is 10.1. The highest BCUT2D eigenvalue weighted by Gasteiger charge is 2.14. The van der Waals surface area contributed by atoms with Gasteiger partial charge in [0.1, 0.15) is 5.75 Å². The minimum atomic E-state index is -0.176. The molecule has 0 spiro atoms. The third-order valence-electron chi connectivity index (χ3n) is 4.00. The number of ether oxygens (including phenoxy) is 1. The number of H-pyrrole nitrogens is 1. The van der Waals surface area contributed by atoms with Crippen LogP contribution in [0, 0.1) is 0 Å². The van der Waals surface area contributed by atoms with Crippen LogP contribution >= 0.6 is 0 Å². The van der Waals surface area contributed by atoms with Gasteiger partial charge in [-0.15, -0.1) is 0 Å². The van der Waals surface area contributed by atoms with Crippen LogP contribution in [0.2, 0.25) is 0 Å². The molecular formula is C20H20N2O3. The first-order chi connectivity index (χ1) is 12.1. The van der Waals surface area contributed by atoms with Crippen LogP contribution in [0.15, 0.2) is 59.4 Å². The number of aromatic nitrogens is 1. The van der Waals surface area contributed by atoms with E-state index in [1.807, 2.05) is 37.3 Å². The second-order valence-electron chi connectivity index (χ2n) is 5.83. The number of hydrogen-bond acceptors (Lipinski definition) is 3. The van der Waals surface area contributed by atoms with Gasteiger partial charge in [-0.3, -0.25) is 9.59 Å². The van der Waals surface area contributed by atoms with Gasteiger partial charge < -0.3 is 14.6 Å². The number of hydrogen-bond donors (Lipinski definition) is 1. The standard InChI is InChI=1S/C20H20N2O3/c1-3-25-17-10-8-14(9-11-17)20(24)22(2)13-16-12-15-6-4-5-7-18(15)21-19(16)23/h4-12H,3,13H2,1-2H3,(H,21,23). The molecule has 2 aromatic carbocycles. The van der Waals surface area contributed by atoms with Gasteiger partial charge >= 0.3 is 0 Å². The highest BCUT2D eigenvalue weighted by atomic mass is 16.5. The molecule has 25 heavy (non-hydrogen) atoms. The average molecular weight is 336 g/mol. The summed E-state index contributed by atoms with van der Waals surface area (Å²) in [6.07, 6.45) is 0. The molecule has 128 valence electrons. The van der Waals surface area contributed by atoms with Crippen molar-refractivity contribution in [2.45, 2.75) is 13.5 Å². The second-order valence-corrected chi connectivity index (χ2v) is 5.83. The molecule has 1 N–H and O–H groups in total. The summed E-state index contributed by atoms with van der Waals surface area (Å²) in [6, 6.07) is 16.4. The van der Waals surface area contributed by atoms with E-state index in [0.29, 0.717) is 17.7 Å². The Morgan fingerprint density at radius 1 is 1.12 bits per heavy atom. The Morgan fingerprint density at radius 2 is 1.84 bits per heavy atom. The number of para-hydroxylation sites is 1. The maximum absolute atomic E-state index is 12.6. The number of nitrogens with zero attached hydrogens (tertiary/aromatic N) is 1. The smallest absolute Gasteiger partial charge is 0.253 e. The number of amides is 1. The quantitative estimate of drug-likeness (QED) is 0.778. The maximum Gasteiger partial charge on any atom is 0.253 e. The zero-order valence-electron chi connectivity index (χ0n) is 14.3. The van der Waals surface area contributed by atoms with E-state index in [-0.39, 0.29) is 18.0 Å². The van der Waals surface area contributed by atoms with Gasteiger partial charge in [0.05, 0.1) is 13.2 Å². The van der Waals surface area contributed by atoms with Crippen LogP contribution < -0.4 is 10.3 Å². The van der Waals surface area contributed by atoms with Crippen LogP contribution in [0.4, 0.5) is 0 Å². The van der Waals surface area contributed by atoms with E-state index < -0.39 is 0 Å². The van der Waals surface area contributed by atoms with Crippen LogP contribution in [-0.4, -0.2) is 29.4 Å². The van der Waals surface area contributed by atoms with E-state index in [2.05, 4.69) is 4.98 Å². The zero-order chi connectivity index (χ0) is 17.8. The predicted molar refractivity (Wildman–Crippen MR) is 98.0 cm³/mol. The van der Waals surface area contributed by atoms with Crippen LogP contribution in [-0.2, 0) is 6.54 Å². The van der Waals surface area contributed by atoms with E-state index in [9.17, 15) is 9.59 Å². The molecule has 0 aliphatic rings. The van der Waals surface area contributed by atoms with E-state index in [1.54, 1.807) is 31.3 Å². The molecule has 3 aromatic rings. The van der Waals surface area contributed by atoms with Crippen LogP contribution in [0.25, 0.3) is 10.9 Å². The summed E-state index contributed by atoms with van der Waals surface area (Å²) in [5, 5.41) is 0.944. The van der Waals surface area contributed by atoms with Gasteiger partial charge in [0, 0.05) is 23.7 Å². The molecule has 0 atom stereocenters. The summed E-state index contributed by atoms with van der Waals surface area (Å²) in [5.41, 5.74) is 1.73. The van der Waals surface area contributed by atoms with Gasteiger partial charge in [-0.2, -0.15) is 0 Å². The summed E-state index contributed by atoms with van der Waals surface area (Å²) in [5.74, 6) is 0.586. The SMILES string of the molecule is CCOc1ccc(C(=O)N(C)Cc2cc3ccccc3[nH]c2=O)cc1. The molecule has 0 unspecified atom stereocenters. The van der Waals surface area contributed by atoms with Crippen molar-refractivity contribution in [1.82, 2.24) is 9.88 Å². The normalized spacial score (nSPS) is 10.6. The molecule has 1 aromatic heterocycles. The van der Waals surface area contributed by atoms with Crippen molar-refractivity contribution in [3.8, 4) is 5.75 Å². The monoisotopic (exact) mass is 336 g/mol. The number of carbonyl (C=O) groups is 1. The van der Waals surface area contributed by atoms with Crippen molar-refractivity contribution >= 4 is 16.8 Å². The minimum Gasteiger partial charge on any atom is -0.494 e. The number of carbonyl (C=O) groups excluding carboxylic acids is 1. The van der Waals surface area contributed by atoms with E-state index in [4.69, 9.17) is 4.74 Å². The molecule has 0 aliphatic carbocycles. The molecule has 1 amide bonds. The van der Waals surface area contributed by atoms with Crippen LogP contribution in [0.3, 0.4) is 0 Å². The maximum atomic E-state index is 12.6. The summed E-state index contributed by atoms with van der Waals surface area (Å²) >= 11 is 0. The molecule has 0 fully saturated rings. The highest BCUT2D eigenvalue weighted by Crippen LogP contribution is 2.15. The van der Waals surface area contributed by atoms with Crippen molar-refractivity contribution in [3.63, 3.8) is 0 Å². The zero-order valence-corrected chi connectivity index (χ0v) is 14.3. The lowest BCUT2D eigenvalue weighted by Crippen LogP contribution is -2.29. The molecule has 0 saturated carbocycles. The Hall–Kier alpha value is -3.08. The Kier molecular flexibility index (Phi) is 4.84. The van der Waals surface area contributed by atoms with E-state index in [1.165, 1.54) is 4.90 Å². The first-order valence-electron chi connectivity index (χ1n) is 8.17. The van der Waals surface area contributed by atoms with Gasteiger partial charge in [-0.1, -0.05) is 18.2 Å². The van der Waals surface area contributed by atoms with E-state index >= 15 is 0 Å². The van der Waals surface area contributed by atoms with Crippen molar-refractivity contribution in [3.05, 3.63) is 76.1 Å². The van der Waals surface area contributed by atoms with Gasteiger partial charge in [0.15, 0.2) is 0 Å². The Labute approximate surface area is 145 Å². The molecule has 5 heteroatoms. The predicted octanol–water partition coefficient (Wildman–Crippen LogP) is 3.20. The Morgan fingerprint density at radius 3 is 2.56 bits per heavy atom. The number of pyridine rings is 1. The number of benzene rings is 2. The van der Waals surface area contributed by atoms with Crippen molar-refractivity contribution in [2.75, 3.05) is 13.7 Å². The highest BCUT2D eigenvalue weighted by molar-refractivity contribution is 5.94. The summed E-state index contributed by atoms with van der Waals surface area (Å²) in [4.78, 5) is 29.2. The molecule has 3 rings (SSSR count). The van der Waals surface area contributed by atoms with Gasteiger partial charge in [0.2, 0.25) is 0 Å². The summed E-state index contributed by atoms with van der Waals surface area (Å²) in [6.45, 7) is 2.73. The van der Waals surface area contributed by atoms with Crippen LogP contribution in [0.1, 0.15) is 22.8 Å². The fraction of sp³-hybridized carbons (Fsp3) is 0.200. The summed E-state index contributed by atoms with van der Waals surface area (Å²) in [7, 11) is 1.69. The third-order valence-corrected chi connectivity index (χ3v) is 4.00. The Balaban J connectivity index is 1.79. The molecule has 0 radical (unpaired) electrons. The Bertz CT molecular complexity index is 945. The first kappa shape index (κ1) is 16.8. The average Bonchev–Trinajstić information content (AvgIpc) is 2.62. The molecular weight excluding hydrogens is 316 g/mol. The fourth-order valence-corrected chi connectivity index (χ4v) is 2.72. The number of nitrogens with one attached hydrogen (secondary N) is 1. The number of fused-ring (bicyclic) bond motifs is 1. The van der Waals surface area contributed by atoms with Crippen molar-refractivity contribution in [2.24, 2.45) is 0 Å². The number of rotatable bonds is 5. The van der Waals surface area contributed by atoms with Gasteiger partial charge in [-0.25, -0.2) is 0 Å². The van der Waals surface area contributed by atoms with Gasteiger partial charge in [0.25, 0.3) is 11.5 Å². The first-order valence-corrected chi connectivity index (χ1v) is 8.17. The van der Waals surface area contributed by atoms with Crippen molar-refractivity contribution < 1.29 is 9.53 Å². The minimum absolute atomic E-state index is 0.143. The molecule has 5 nitrogen and oxygen atoms in total. The lowest BCUT2D eigenvalue weighted by Gasteiger charge is -2.17. The van der Waals surface area contributed by atoms with Gasteiger partial charge in [-0.05, 0) is 48.7 Å². The third kappa shape index (κ3) is 3.71. The molecule has 0 saturated heterocycles. The number of aromatic amines is 1. The van der Waals surface area contributed by atoms with Crippen molar-refractivity contribution in [1.29, 1.82) is 0 Å². The second kappa shape index (κ2) is 7.21. The molecule has 0 bridgehead atoms. The van der Waals surface area contributed by atoms with Crippen LogP contribution in [0.5, 0.6) is 5.75 Å². The largest absolute Gasteiger partial charge is 0.494 e.